The summed E-state index contributed by atoms with van der Waals surface area (Å²) in [5.41, 5.74) is 2.24. The quantitative estimate of drug-likeness (QED) is 0.742. The van der Waals surface area contributed by atoms with E-state index < -0.39 is 0 Å². The molecule has 0 aliphatic rings. The summed E-state index contributed by atoms with van der Waals surface area (Å²) in [5.74, 6) is 2.10. The van der Waals surface area contributed by atoms with Crippen molar-refractivity contribution in [3.8, 4) is 17.2 Å². The second kappa shape index (κ2) is 10.3. The van der Waals surface area contributed by atoms with E-state index in [9.17, 15) is 0 Å². The molecule has 132 valence electrons. The zero-order valence-electron chi connectivity index (χ0n) is 14.1. The van der Waals surface area contributed by atoms with Crippen LogP contribution < -0.4 is 19.5 Å². The summed E-state index contributed by atoms with van der Waals surface area (Å²) in [5, 5.41) is 3.95. The van der Waals surface area contributed by atoms with E-state index in [-0.39, 0.29) is 12.4 Å². The Kier molecular flexibility index (Phi) is 8.76. The molecule has 0 atom stereocenters. The molecular formula is C18H23Cl2NO3. The third-order valence-corrected chi connectivity index (χ3v) is 3.67. The van der Waals surface area contributed by atoms with Gasteiger partial charge < -0.3 is 19.5 Å². The van der Waals surface area contributed by atoms with E-state index in [0.29, 0.717) is 29.7 Å². The third-order valence-electron chi connectivity index (χ3n) is 3.39. The maximum atomic E-state index is 6.25. The number of methoxy groups -OCH3 is 2. The summed E-state index contributed by atoms with van der Waals surface area (Å²) in [4.78, 5) is 0. The van der Waals surface area contributed by atoms with Gasteiger partial charge in [-0.2, -0.15) is 0 Å². The topological polar surface area (TPSA) is 39.7 Å². The fraction of sp³-hybridized carbons (Fsp3) is 0.333. The fourth-order valence-electron chi connectivity index (χ4n) is 2.28. The van der Waals surface area contributed by atoms with Crippen LogP contribution in [-0.4, -0.2) is 20.8 Å². The molecule has 2 rings (SSSR count). The van der Waals surface area contributed by atoms with Crippen molar-refractivity contribution in [3.05, 3.63) is 52.5 Å². The van der Waals surface area contributed by atoms with E-state index in [1.165, 1.54) is 5.56 Å². The van der Waals surface area contributed by atoms with Crippen LogP contribution >= 0.6 is 24.0 Å². The van der Waals surface area contributed by atoms with Crippen LogP contribution in [0, 0.1) is 0 Å². The molecule has 0 heterocycles. The number of rotatable bonds is 8. The van der Waals surface area contributed by atoms with Gasteiger partial charge in [0.2, 0.25) is 0 Å². The Bertz CT molecular complexity index is 633. The molecule has 0 radical (unpaired) electrons. The maximum absolute atomic E-state index is 6.25. The molecule has 4 nitrogen and oxygen atoms in total. The SMILES string of the molecule is CCOc1cc(CNCc2ccc(OC)cc2)cc(Cl)c1OC.Cl. The third kappa shape index (κ3) is 5.48. The molecule has 2 aromatic carbocycles. The van der Waals surface area contributed by atoms with E-state index in [4.69, 9.17) is 25.8 Å². The van der Waals surface area contributed by atoms with Crippen molar-refractivity contribution in [3.63, 3.8) is 0 Å². The van der Waals surface area contributed by atoms with Crippen molar-refractivity contribution in [2.24, 2.45) is 0 Å². The second-order valence-electron chi connectivity index (χ2n) is 4.99. The summed E-state index contributed by atoms with van der Waals surface area (Å²) in [7, 11) is 3.25. The average molecular weight is 372 g/mol. The minimum Gasteiger partial charge on any atom is -0.497 e. The van der Waals surface area contributed by atoms with E-state index in [1.807, 2.05) is 43.3 Å². The molecule has 6 heteroatoms. The van der Waals surface area contributed by atoms with Gasteiger partial charge in [0, 0.05) is 13.1 Å². The number of ether oxygens (including phenoxy) is 3. The zero-order chi connectivity index (χ0) is 16.7. The highest BCUT2D eigenvalue weighted by Crippen LogP contribution is 2.36. The molecule has 0 saturated heterocycles. The molecule has 0 saturated carbocycles. The van der Waals surface area contributed by atoms with Crippen molar-refractivity contribution in [1.82, 2.24) is 5.32 Å². The Balaban J connectivity index is 0.00000288. The van der Waals surface area contributed by atoms with Gasteiger partial charge in [-0.3, -0.25) is 0 Å². The van der Waals surface area contributed by atoms with Crippen molar-refractivity contribution >= 4 is 24.0 Å². The predicted octanol–water partition coefficient (Wildman–Crippen LogP) is 4.47. The van der Waals surface area contributed by atoms with Crippen LogP contribution in [0.25, 0.3) is 0 Å². The van der Waals surface area contributed by atoms with Crippen LogP contribution in [0.1, 0.15) is 18.1 Å². The highest BCUT2D eigenvalue weighted by atomic mass is 35.5. The highest BCUT2D eigenvalue weighted by molar-refractivity contribution is 6.32. The molecule has 0 aliphatic heterocycles. The molecular weight excluding hydrogens is 349 g/mol. The molecule has 2 aromatic rings. The van der Waals surface area contributed by atoms with Crippen LogP contribution in [0.5, 0.6) is 17.2 Å². The minimum absolute atomic E-state index is 0. The summed E-state index contributed by atoms with van der Waals surface area (Å²) in [6, 6.07) is 11.8. The largest absolute Gasteiger partial charge is 0.497 e. The molecule has 0 aliphatic carbocycles. The van der Waals surface area contributed by atoms with Gasteiger partial charge >= 0.3 is 0 Å². The van der Waals surface area contributed by atoms with Gasteiger partial charge in [-0.05, 0) is 42.3 Å². The fourth-order valence-corrected chi connectivity index (χ4v) is 2.59. The van der Waals surface area contributed by atoms with Crippen LogP contribution in [0.2, 0.25) is 5.02 Å². The van der Waals surface area contributed by atoms with Crippen molar-refractivity contribution < 1.29 is 14.2 Å². The maximum Gasteiger partial charge on any atom is 0.179 e. The molecule has 0 bridgehead atoms. The van der Waals surface area contributed by atoms with Gasteiger partial charge in [-0.1, -0.05) is 23.7 Å². The summed E-state index contributed by atoms with van der Waals surface area (Å²) in [6.07, 6.45) is 0. The van der Waals surface area contributed by atoms with Crippen molar-refractivity contribution in [2.75, 3.05) is 20.8 Å². The van der Waals surface area contributed by atoms with Gasteiger partial charge in [-0.25, -0.2) is 0 Å². The highest BCUT2D eigenvalue weighted by Gasteiger charge is 2.11. The lowest BCUT2D eigenvalue weighted by Gasteiger charge is -2.13. The monoisotopic (exact) mass is 371 g/mol. The molecule has 0 unspecified atom stereocenters. The number of halogens is 2. The van der Waals surface area contributed by atoms with Crippen molar-refractivity contribution in [1.29, 1.82) is 0 Å². The Hall–Kier alpha value is -1.62. The Morgan fingerprint density at radius 2 is 1.62 bits per heavy atom. The standard InChI is InChI=1S/C18H22ClNO3.ClH/c1-4-23-17-10-14(9-16(19)18(17)22-3)12-20-11-13-5-7-15(21-2)8-6-13;/h5-10,20H,4,11-12H2,1-3H3;1H. The molecule has 1 N–H and O–H groups in total. The van der Waals surface area contributed by atoms with Gasteiger partial charge in [0.05, 0.1) is 25.8 Å². The summed E-state index contributed by atoms with van der Waals surface area (Å²) >= 11 is 6.25. The lowest BCUT2D eigenvalue weighted by atomic mass is 10.1. The zero-order valence-corrected chi connectivity index (χ0v) is 15.7. The van der Waals surface area contributed by atoms with E-state index in [0.717, 1.165) is 17.9 Å². The second-order valence-corrected chi connectivity index (χ2v) is 5.40. The first-order valence-electron chi connectivity index (χ1n) is 7.50. The molecule has 0 amide bonds. The first-order chi connectivity index (χ1) is 11.2. The Morgan fingerprint density at radius 1 is 0.958 bits per heavy atom. The van der Waals surface area contributed by atoms with Gasteiger partial charge in [0.1, 0.15) is 5.75 Å². The number of hydrogen-bond acceptors (Lipinski definition) is 4. The van der Waals surface area contributed by atoms with Crippen LogP contribution in [-0.2, 0) is 13.1 Å². The predicted molar refractivity (Wildman–Crippen MR) is 100.0 cm³/mol. The molecule has 0 spiro atoms. The van der Waals surface area contributed by atoms with E-state index >= 15 is 0 Å². The average Bonchev–Trinajstić information content (AvgIpc) is 2.56. The van der Waals surface area contributed by atoms with E-state index in [2.05, 4.69) is 5.32 Å². The lowest BCUT2D eigenvalue weighted by Crippen LogP contribution is -2.13. The molecule has 24 heavy (non-hydrogen) atoms. The van der Waals surface area contributed by atoms with Crippen molar-refractivity contribution in [2.45, 2.75) is 20.0 Å². The van der Waals surface area contributed by atoms with Gasteiger partial charge in [0.15, 0.2) is 11.5 Å². The lowest BCUT2D eigenvalue weighted by molar-refractivity contribution is 0.310. The summed E-state index contributed by atoms with van der Waals surface area (Å²) < 4.78 is 16.0. The van der Waals surface area contributed by atoms with E-state index in [1.54, 1.807) is 14.2 Å². The minimum atomic E-state index is 0. The smallest absolute Gasteiger partial charge is 0.179 e. The number of nitrogens with one attached hydrogen (secondary N) is 1. The number of benzene rings is 2. The first-order valence-corrected chi connectivity index (χ1v) is 7.88. The number of hydrogen-bond donors (Lipinski definition) is 1. The van der Waals surface area contributed by atoms with Crippen LogP contribution in [0.15, 0.2) is 36.4 Å². The normalized spacial score (nSPS) is 10.0. The molecule has 0 aromatic heterocycles. The Morgan fingerprint density at radius 3 is 2.21 bits per heavy atom. The van der Waals surface area contributed by atoms with Gasteiger partial charge in [0.25, 0.3) is 0 Å². The Labute approximate surface area is 154 Å². The summed E-state index contributed by atoms with van der Waals surface area (Å²) in [6.45, 7) is 3.95. The first kappa shape index (κ1) is 20.4. The van der Waals surface area contributed by atoms with Crippen LogP contribution in [0.3, 0.4) is 0 Å². The molecule has 0 fully saturated rings. The van der Waals surface area contributed by atoms with Gasteiger partial charge in [-0.15, -0.1) is 12.4 Å². The van der Waals surface area contributed by atoms with Crippen LogP contribution in [0.4, 0.5) is 0 Å².